The topological polar surface area (TPSA) is 26.3 Å². The van der Waals surface area contributed by atoms with Crippen LogP contribution in [0.3, 0.4) is 0 Å². The molecule has 0 heterocycles. The van der Waals surface area contributed by atoms with Crippen LogP contribution < -0.4 is 0 Å². The maximum atomic E-state index is 12.0. The van der Waals surface area contributed by atoms with Crippen LogP contribution in [0.5, 0.6) is 0 Å². The molecule has 0 fully saturated rings. The van der Waals surface area contributed by atoms with Gasteiger partial charge >= 0.3 is 5.97 Å². The number of esters is 1. The van der Waals surface area contributed by atoms with Gasteiger partial charge in [0.1, 0.15) is 0 Å². The molecule has 0 saturated heterocycles. The fourth-order valence-electron chi connectivity index (χ4n) is 3.63. The lowest BCUT2D eigenvalue weighted by Gasteiger charge is -2.14. The summed E-state index contributed by atoms with van der Waals surface area (Å²) < 4.78 is 5.34. The van der Waals surface area contributed by atoms with Gasteiger partial charge in [-0.3, -0.25) is 4.79 Å². The molecule has 0 aromatic heterocycles. The van der Waals surface area contributed by atoms with Gasteiger partial charge in [-0.25, -0.2) is 0 Å². The maximum absolute atomic E-state index is 12.0. The number of hydrogen-bond acceptors (Lipinski definition) is 2. The molecule has 2 heteroatoms. The Labute approximate surface area is 164 Å². The first-order valence-electron chi connectivity index (χ1n) is 11.9. The summed E-state index contributed by atoms with van der Waals surface area (Å²) in [6.07, 6.45) is 23.4. The number of carbonyl (C=O) groups is 1. The Kier molecular flexibility index (Phi) is 20.4. The summed E-state index contributed by atoms with van der Waals surface area (Å²) in [5.74, 6) is 0.187. The van der Waals surface area contributed by atoms with Crippen LogP contribution in [0.1, 0.15) is 136 Å². The normalized spacial score (nSPS) is 12.3. The summed E-state index contributed by atoms with van der Waals surface area (Å²) in [7, 11) is 0. The molecule has 26 heavy (non-hydrogen) atoms. The molecular weight excluding hydrogens is 320 g/mol. The molecule has 0 aromatic carbocycles. The van der Waals surface area contributed by atoms with Gasteiger partial charge in [-0.15, -0.1) is 0 Å². The highest BCUT2D eigenvalue weighted by molar-refractivity contribution is 5.72. The minimum atomic E-state index is 0.0448. The summed E-state index contributed by atoms with van der Waals surface area (Å²) >= 11 is 0. The summed E-state index contributed by atoms with van der Waals surface area (Å²) in [6.45, 7) is 7.07. The van der Waals surface area contributed by atoms with Crippen LogP contribution in [0.15, 0.2) is 0 Å². The van der Waals surface area contributed by atoms with E-state index in [9.17, 15) is 4.79 Å². The maximum Gasteiger partial charge on any atom is 0.308 e. The van der Waals surface area contributed by atoms with Crippen molar-refractivity contribution in [2.75, 3.05) is 6.61 Å². The minimum Gasteiger partial charge on any atom is -0.465 e. The largest absolute Gasteiger partial charge is 0.465 e. The molecule has 156 valence electrons. The smallest absolute Gasteiger partial charge is 0.308 e. The van der Waals surface area contributed by atoms with E-state index in [4.69, 9.17) is 4.74 Å². The number of rotatable bonds is 20. The van der Waals surface area contributed by atoms with Crippen LogP contribution in [0.2, 0.25) is 0 Å². The molecule has 2 nitrogen and oxygen atoms in total. The van der Waals surface area contributed by atoms with Gasteiger partial charge in [0.15, 0.2) is 0 Å². The van der Waals surface area contributed by atoms with Gasteiger partial charge in [-0.1, -0.05) is 117 Å². The minimum absolute atomic E-state index is 0.0448. The predicted octanol–water partition coefficient (Wildman–Crippen LogP) is 8.23. The standard InChI is InChI=1S/C24H48O2/c1-4-7-8-9-10-11-12-13-14-15-16-17-18-19-21-23(20-5-2)24(25)26-22-6-3/h23H,4-22H2,1-3H3. The molecular formula is C24H48O2. The molecule has 0 spiro atoms. The Hall–Kier alpha value is -0.530. The fourth-order valence-corrected chi connectivity index (χ4v) is 3.63. The second-order valence-corrected chi connectivity index (χ2v) is 8.04. The Morgan fingerprint density at radius 2 is 1.04 bits per heavy atom. The lowest BCUT2D eigenvalue weighted by molar-refractivity contribution is -0.149. The molecule has 1 atom stereocenters. The van der Waals surface area contributed by atoms with Gasteiger partial charge < -0.3 is 4.74 Å². The van der Waals surface area contributed by atoms with Gasteiger partial charge in [-0.05, 0) is 19.3 Å². The van der Waals surface area contributed by atoms with Crippen LogP contribution in [-0.4, -0.2) is 12.6 Å². The molecule has 1 unspecified atom stereocenters. The van der Waals surface area contributed by atoms with Gasteiger partial charge in [0.05, 0.1) is 12.5 Å². The van der Waals surface area contributed by atoms with Crippen LogP contribution in [0.25, 0.3) is 0 Å². The predicted molar refractivity (Wildman–Crippen MR) is 115 cm³/mol. The molecule has 0 rings (SSSR count). The van der Waals surface area contributed by atoms with Crippen molar-refractivity contribution in [1.82, 2.24) is 0 Å². The van der Waals surface area contributed by atoms with E-state index in [1.54, 1.807) is 0 Å². The van der Waals surface area contributed by atoms with Crippen molar-refractivity contribution < 1.29 is 9.53 Å². The van der Waals surface area contributed by atoms with E-state index in [0.717, 1.165) is 25.7 Å². The SMILES string of the molecule is CCCCCCCCCCCCCCCCC(CCC)C(=O)OCCC. The Balaban J connectivity index is 3.41. The van der Waals surface area contributed by atoms with Crippen molar-refractivity contribution in [3.8, 4) is 0 Å². The van der Waals surface area contributed by atoms with E-state index in [1.807, 2.05) is 0 Å². The van der Waals surface area contributed by atoms with Crippen molar-refractivity contribution in [3.05, 3.63) is 0 Å². The molecule has 0 radical (unpaired) electrons. The van der Waals surface area contributed by atoms with Crippen molar-refractivity contribution in [3.63, 3.8) is 0 Å². The summed E-state index contributed by atoms with van der Waals surface area (Å²) in [4.78, 5) is 12.0. The van der Waals surface area contributed by atoms with Crippen LogP contribution in [-0.2, 0) is 9.53 Å². The number of carbonyl (C=O) groups excluding carboxylic acids is 1. The van der Waals surface area contributed by atoms with Crippen LogP contribution >= 0.6 is 0 Å². The number of unbranched alkanes of at least 4 members (excludes halogenated alkanes) is 13. The highest BCUT2D eigenvalue weighted by atomic mass is 16.5. The zero-order valence-electron chi connectivity index (χ0n) is 18.3. The van der Waals surface area contributed by atoms with Gasteiger partial charge in [0, 0.05) is 0 Å². The fraction of sp³-hybridized carbons (Fsp3) is 0.958. The van der Waals surface area contributed by atoms with E-state index in [1.165, 1.54) is 89.9 Å². The first-order valence-corrected chi connectivity index (χ1v) is 11.9. The molecule has 0 aliphatic carbocycles. The molecule has 0 aliphatic heterocycles. The summed E-state index contributed by atoms with van der Waals surface area (Å²) in [6, 6.07) is 0. The highest BCUT2D eigenvalue weighted by Crippen LogP contribution is 2.19. The second kappa shape index (κ2) is 20.8. The van der Waals surface area contributed by atoms with E-state index in [0.29, 0.717) is 6.61 Å². The lowest BCUT2D eigenvalue weighted by atomic mass is 9.96. The monoisotopic (exact) mass is 368 g/mol. The van der Waals surface area contributed by atoms with Crippen LogP contribution in [0.4, 0.5) is 0 Å². The number of ether oxygens (including phenoxy) is 1. The Morgan fingerprint density at radius 1 is 0.577 bits per heavy atom. The zero-order chi connectivity index (χ0) is 19.3. The van der Waals surface area contributed by atoms with Gasteiger partial charge in [0.25, 0.3) is 0 Å². The van der Waals surface area contributed by atoms with Crippen molar-refractivity contribution >= 4 is 5.97 Å². The summed E-state index contributed by atoms with van der Waals surface area (Å²) in [5, 5.41) is 0. The molecule has 0 bridgehead atoms. The molecule has 0 aliphatic rings. The lowest BCUT2D eigenvalue weighted by Crippen LogP contribution is -2.18. The third-order valence-corrected chi connectivity index (χ3v) is 5.33. The Morgan fingerprint density at radius 3 is 1.46 bits per heavy atom. The Bertz CT molecular complexity index is 288. The van der Waals surface area contributed by atoms with Crippen molar-refractivity contribution in [1.29, 1.82) is 0 Å². The van der Waals surface area contributed by atoms with Gasteiger partial charge in [-0.2, -0.15) is 0 Å². The highest BCUT2D eigenvalue weighted by Gasteiger charge is 2.18. The van der Waals surface area contributed by atoms with Gasteiger partial charge in [0.2, 0.25) is 0 Å². The van der Waals surface area contributed by atoms with Crippen molar-refractivity contribution in [2.24, 2.45) is 5.92 Å². The van der Waals surface area contributed by atoms with E-state index in [2.05, 4.69) is 20.8 Å². The van der Waals surface area contributed by atoms with E-state index < -0.39 is 0 Å². The van der Waals surface area contributed by atoms with Crippen molar-refractivity contribution in [2.45, 2.75) is 136 Å². The third-order valence-electron chi connectivity index (χ3n) is 5.33. The summed E-state index contributed by atoms with van der Waals surface area (Å²) in [5.41, 5.74) is 0. The molecule has 0 amide bonds. The third kappa shape index (κ3) is 16.9. The van der Waals surface area contributed by atoms with Crippen LogP contribution in [0, 0.1) is 5.92 Å². The average molecular weight is 369 g/mol. The molecule has 0 N–H and O–H groups in total. The second-order valence-electron chi connectivity index (χ2n) is 8.04. The quantitative estimate of drug-likeness (QED) is 0.160. The van der Waals surface area contributed by atoms with E-state index >= 15 is 0 Å². The molecule has 0 saturated carbocycles. The van der Waals surface area contributed by atoms with E-state index in [-0.39, 0.29) is 11.9 Å². The zero-order valence-corrected chi connectivity index (χ0v) is 18.3. The average Bonchev–Trinajstić information content (AvgIpc) is 2.65. The first-order chi connectivity index (χ1) is 12.8. The number of hydrogen-bond donors (Lipinski definition) is 0. The molecule has 0 aromatic rings. The first kappa shape index (κ1) is 25.5.